The third kappa shape index (κ3) is 5.45. The van der Waals surface area contributed by atoms with E-state index in [1.165, 1.54) is 5.56 Å². The van der Waals surface area contributed by atoms with Gasteiger partial charge in [0.2, 0.25) is 0 Å². The number of hydrogen-bond acceptors (Lipinski definition) is 4. The Morgan fingerprint density at radius 2 is 1.86 bits per heavy atom. The first kappa shape index (κ1) is 16.4. The van der Waals surface area contributed by atoms with Gasteiger partial charge in [0, 0.05) is 25.5 Å². The normalized spacial score (nSPS) is 10.9. The van der Waals surface area contributed by atoms with E-state index in [1.54, 1.807) is 0 Å². The van der Waals surface area contributed by atoms with Crippen molar-refractivity contribution in [3.8, 4) is 5.75 Å². The second kappa shape index (κ2) is 8.49. The van der Waals surface area contributed by atoms with Crippen LogP contribution < -0.4 is 4.74 Å². The Morgan fingerprint density at radius 3 is 2.50 bits per heavy atom. The highest BCUT2D eigenvalue weighted by molar-refractivity contribution is 5.27. The van der Waals surface area contributed by atoms with E-state index in [0.29, 0.717) is 0 Å². The molecule has 0 saturated heterocycles. The number of aromatic nitrogens is 2. The average Bonchev–Trinajstić information content (AvgIpc) is 2.54. The minimum Gasteiger partial charge on any atom is -0.494 e. The van der Waals surface area contributed by atoms with Crippen LogP contribution in [0.2, 0.25) is 0 Å². The molecule has 4 nitrogen and oxygen atoms in total. The van der Waals surface area contributed by atoms with Crippen LogP contribution >= 0.6 is 0 Å². The number of aryl methyl sites for hydroxylation is 2. The van der Waals surface area contributed by atoms with Gasteiger partial charge in [0.1, 0.15) is 5.75 Å². The van der Waals surface area contributed by atoms with Crippen molar-refractivity contribution in [2.45, 2.75) is 33.2 Å². The molecule has 1 aromatic heterocycles. The molecule has 0 fully saturated rings. The zero-order chi connectivity index (χ0) is 15.8. The van der Waals surface area contributed by atoms with Gasteiger partial charge in [-0.2, -0.15) is 0 Å². The molecule has 0 saturated carbocycles. The summed E-state index contributed by atoms with van der Waals surface area (Å²) in [6.07, 6.45) is 5.71. The summed E-state index contributed by atoms with van der Waals surface area (Å²) in [4.78, 5) is 10.9. The predicted octanol–water partition coefficient (Wildman–Crippen LogP) is 3.25. The van der Waals surface area contributed by atoms with E-state index >= 15 is 0 Å². The second-order valence-electron chi connectivity index (χ2n) is 5.59. The quantitative estimate of drug-likeness (QED) is 0.701. The lowest BCUT2D eigenvalue weighted by atomic mass is 10.2. The molecule has 0 unspecified atom stereocenters. The molecule has 22 heavy (non-hydrogen) atoms. The van der Waals surface area contributed by atoms with E-state index in [0.717, 1.165) is 49.7 Å². The van der Waals surface area contributed by atoms with Crippen molar-refractivity contribution in [2.24, 2.45) is 0 Å². The molecule has 0 atom stereocenters. The minimum absolute atomic E-state index is 0.732. The Hall–Kier alpha value is -1.94. The highest BCUT2D eigenvalue weighted by Crippen LogP contribution is 2.12. The molecule has 1 aromatic carbocycles. The van der Waals surface area contributed by atoms with Crippen molar-refractivity contribution in [2.75, 3.05) is 20.2 Å². The summed E-state index contributed by atoms with van der Waals surface area (Å²) in [6.45, 7) is 6.63. The Balaban J connectivity index is 1.66. The van der Waals surface area contributed by atoms with Crippen LogP contribution in [0.5, 0.6) is 5.75 Å². The van der Waals surface area contributed by atoms with Crippen LogP contribution in [0, 0.1) is 6.92 Å². The van der Waals surface area contributed by atoms with Crippen molar-refractivity contribution in [1.29, 1.82) is 0 Å². The molecule has 0 aliphatic rings. The minimum atomic E-state index is 0.732. The van der Waals surface area contributed by atoms with Crippen molar-refractivity contribution < 1.29 is 4.74 Å². The van der Waals surface area contributed by atoms with Gasteiger partial charge in [-0.25, -0.2) is 0 Å². The molecule has 0 aliphatic carbocycles. The number of benzene rings is 1. The highest BCUT2D eigenvalue weighted by Gasteiger charge is 2.02. The Bertz CT molecular complexity index is 552. The third-order valence-corrected chi connectivity index (χ3v) is 3.55. The topological polar surface area (TPSA) is 38.2 Å². The first-order valence-electron chi connectivity index (χ1n) is 7.85. The fourth-order valence-corrected chi connectivity index (χ4v) is 2.20. The maximum absolute atomic E-state index is 5.77. The molecular weight excluding hydrogens is 274 g/mol. The predicted molar refractivity (Wildman–Crippen MR) is 89.0 cm³/mol. The molecule has 2 rings (SSSR count). The lowest BCUT2D eigenvalue weighted by molar-refractivity contribution is 0.257. The Labute approximate surface area is 133 Å². The lowest BCUT2D eigenvalue weighted by Gasteiger charge is -2.16. The van der Waals surface area contributed by atoms with E-state index in [9.17, 15) is 0 Å². The molecule has 118 valence electrons. The molecular formula is C18H25N3O. The van der Waals surface area contributed by atoms with Gasteiger partial charge in [-0.1, -0.05) is 19.1 Å². The largest absolute Gasteiger partial charge is 0.494 e. The second-order valence-corrected chi connectivity index (χ2v) is 5.59. The van der Waals surface area contributed by atoms with Crippen LogP contribution in [0.15, 0.2) is 36.7 Å². The first-order valence-corrected chi connectivity index (χ1v) is 7.85. The molecule has 0 aliphatic heterocycles. The van der Waals surface area contributed by atoms with Crippen LogP contribution in [0.3, 0.4) is 0 Å². The zero-order valence-corrected chi connectivity index (χ0v) is 13.7. The molecule has 0 radical (unpaired) electrons. The summed E-state index contributed by atoms with van der Waals surface area (Å²) >= 11 is 0. The number of hydrogen-bond donors (Lipinski definition) is 0. The van der Waals surface area contributed by atoms with Crippen LogP contribution in [-0.2, 0) is 13.0 Å². The third-order valence-electron chi connectivity index (χ3n) is 3.55. The van der Waals surface area contributed by atoms with Crippen molar-refractivity contribution in [3.63, 3.8) is 0 Å². The van der Waals surface area contributed by atoms with Crippen molar-refractivity contribution in [1.82, 2.24) is 14.9 Å². The maximum atomic E-state index is 5.77. The average molecular weight is 299 g/mol. The van der Waals surface area contributed by atoms with Gasteiger partial charge >= 0.3 is 0 Å². The molecule has 2 aromatic rings. The van der Waals surface area contributed by atoms with Gasteiger partial charge in [-0.05, 0) is 44.5 Å². The van der Waals surface area contributed by atoms with Gasteiger partial charge in [0.25, 0.3) is 0 Å². The van der Waals surface area contributed by atoms with E-state index in [1.807, 2.05) is 31.5 Å². The van der Waals surface area contributed by atoms with Gasteiger partial charge in [0.15, 0.2) is 0 Å². The maximum Gasteiger partial charge on any atom is 0.119 e. The highest BCUT2D eigenvalue weighted by atomic mass is 16.5. The summed E-state index contributed by atoms with van der Waals surface area (Å²) in [6, 6.07) is 8.34. The zero-order valence-electron chi connectivity index (χ0n) is 13.7. The van der Waals surface area contributed by atoms with Gasteiger partial charge in [-0.3, -0.25) is 9.97 Å². The molecule has 0 N–H and O–H groups in total. The summed E-state index contributed by atoms with van der Waals surface area (Å²) in [7, 11) is 2.09. The number of nitrogens with zero attached hydrogens (tertiary/aromatic N) is 3. The van der Waals surface area contributed by atoms with Crippen LogP contribution in [0.25, 0.3) is 0 Å². The molecule has 0 spiro atoms. The van der Waals surface area contributed by atoms with Crippen LogP contribution in [0.4, 0.5) is 0 Å². The molecule has 1 heterocycles. The monoisotopic (exact) mass is 299 g/mol. The van der Waals surface area contributed by atoms with Crippen molar-refractivity contribution in [3.05, 3.63) is 53.6 Å². The van der Waals surface area contributed by atoms with E-state index < -0.39 is 0 Å². The molecule has 0 bridgehead atoms. The van der Waals surface area contributed by atoms with Gasteiger partial charge < -0.3 is 9.64 Å². The standard InChI is InChI=1S/C18H25N3O/c1-4-16-6-8-18(9-7-16)22-11-5-10-21(3)14-17-13-19-15(2)12-20-17/h6-9,12-13H,4-5,10-11,14H2,1-3H3. The van der Waals surface area contributed by atoms with Crippen molar-refractivity contribution >= 4 is 0 Å². The van der Waals surface area contributed by atoms with Gasteiger partial charge in [0.05, 0.1) is 18.0 Å². The summed E-state index contributed by atoms with van der Waals surface area (Å²) < 4.78 is 5.77. The first-order chi connectivity index (χ1) is 10.7. The number of ether oxygens (including phenoxy) is 1. The number of rotatable bonds is 8. The van der Waals surface area contributed by atoms with E-state index in [-0.39, 0.29) is 0 Å². The smallest absolute Gasteiger partial charge is 0.119 e. The molecule has 0 amide bonds. The summed E-state index contributed by atoms with van der Waals surface area (Å²) in [5.74, 6) is 0.948. The SMILES string of the molecule is CCc1ccc(OCCCN(C)Cc2cnc(C)cn2)cc1. The van der Waals surface area contributed by atoms with Crippen LogP contribution in [-0.4, -0.2) is 35.1 Å². The summed E-state index contributed by atoms with van der Waals surface area (Å²) in [5.41, 5.74) is 3.30. The fourth-order valence-electron chi connectivity index (χ4n) is 2.20. The Morgan fingerprint density at radius 1 is 1.09 bits per heavy atom. The lowest BCUT2D eigenvalue weighted by Crippen LogP contribution is -2.21. The fraction of sp³-hybridized carbons (Fsp3) is 0.444. The molecule has 4 heteroatoms. The Kier molecular flexibility index (Phi) is 6.34. The van der Waals surface area contributed by atoms with E-state index in [4.69, 9.17) is 4.74 Å². The van der Waals surface area contributed by atoms with Gasteiger partial charge in [-0.15, -0.1) is 0 Å². The van der Waals surface area contributed by atoms with Crippen LogP contribution in [0.1, 0.15) is 30.3 Å². The summed E-state index contributed by atoms with van der Waals surface area (Å²) in [5, 5.41) is 0. The van der Waals surface area contributed by atoms with E-state index in [2.05, 4.69) is 41.0 Å².